The fourth-order valence-corrected chi connectivity index (χ4v) is 2.52. The minimum absolute atomic E-state index is 0.165. The monoisotopic (exact) mass is 356 g/mol. The fourth-order valence-electron chi connectivity index (χ4n) is 2.40. The number of fused-ring (bicyclic) bond motifs is 1. The van der Waals surface area contributed by atoms with Crippen LogP contribution in [0.1, 0.15) is 13.8 Å². The Morgan fingerprint density at radius 2 is 1.84 bits per heavy atom. The van der Waals surface area contributed by atoms with Crippen LogP contribution in [-0.4, -0.2) is 16.5 Å². The zero-order chi connectivity index (χ0) is 18.0. The van der Waals surface area contributed by atoms with Crippen molar-refractivity contribution in [3.8, 4) is 5.75 Å². The lowest BCUT2D eigenvalue weighted by Gasteiger charge is -2.25. The van der Waals surface area contributed by atoms with Crippen LogP contribution < -0.4 is 15.6 Å². The Kier molecular flexibility index (Phi) is 4.51. The van der Waals surface area contributed by atoms with Gasteiger partial charge in [-0.05, 0) is 67.8 Å². The van der Waals surface area contributed by atoms with Crippen molar-refractivity contribution in [1.82, 2.24) is 4.98 Å². The molecule has 25 heavy (non-hydrogen) atoms. The van der Waals surface area contributed by atoms with E-state index in [1.54, 1.807) is 68.6 Å². The molecule has 1 aromatic heterocycles. The van der Waals surface area contributed by atoms with Crippen LogP contribution in [0.15, 0.2) is 59.5 Å². The predicted molar refractivity (Wildman–Crippen MR) is 99.4 cm³/mol. The molecule has 0 aliphatic heterocycles. The molecule has 2 N–H and O–H groups in total. The van der Waals surface area contributed by atoms with Crippen molar-refractivity contribution in [2.45, 2.75) is 19.4 Å². The molecule has 0 unspecified atom stereocenters. The second-order valence-corrected chi connectivity index (χ2v) is 6.57. The van der Waals surface area contributed by atoms with Crippen molar-refractivity contribution in [3.05, 3.63) is 70.1 Å². The number of pyridine rings is 1. The number of benzene rings is 2. The molecule has 0 fully saturated rings. The first-order valence-electron chi connectivity index (χ1n) is 7.73. The number of carbonyl (C=O) groups is 1. The van der Waals surface area contributed by atoms with Crippen LogP contribution in [0.2, 0.25) is 5.02 Å². The van der Waals surface area contributed by atoms with E-state index < -0.39 is 5.60 Å². The third kappa shape index (κ3) is 3.83. The molecule has 1 heterocycles. The predicted octanol–water partition coefficient (Wildman–Crippen LogP) is 3.98. The van der Waals surface area contributed by atoms with Crippen LogP contribution in [-0.2, 0) is 4.79 Å². The highest BCUT2D eigenvalue weighted by Crippen LogP contribution is 2.23. The Morgan fingerprint density at radius 3 is 2.56 bits per heavy atom. The molecule has 0 aliphatic rings. The van der Waals surface area contributed by atoms with Crippen molar-refractivity contribution in [2.24, 2.45) is 0 Å². The maximum atomic E-state index is 12.6. The molecule has 128 valence electrons. The molecule has 0 saturated heterocycles. The average Bonchev–Trinajstić information content (AvgIpc) is 2.57. The average molecular weight is 357 g/mol. The quantitative estimate of drug-likeness (QED) is 0.742. The molecule has 3 rings (SSSR count). The van der Waals surface area contributed by atoms with Crippen molar-refractivity contribution >= 4 is 34.0 Å². The number of halogens is 1. The van der Waals surface area contributed by atoms with Crippen molar-refractivity contribution in [2.75, 3.05) is 5.32 Å². The third-order valence-corrected chi connectivity index (χ3v) is 4.02. The second-order valence-electron chi connectivity index (χ2n) is 6.13. The molecule has 2 aromatic carbocycles. The van der Waals surface area contributed by atoms with E-state index in [9.17, 15) is 9.59 Å². The van der Waals surface area contributed by atoms with Gasteiger partial charge in [0, 0.05) is 22.3 Å². The van der Waals surface area contributed by atoms with Crippen molar-refractivity contribution in [1.29, 1.82) is 0 Å². The molecular formula is C19H17ClN2O3. The lowest BCUT2D eigenvalue weighted by Crippen LogP contribution is -2.42. The highest BCUT2D eigenvalue weighted by molar-refractivity contribution is 6.30. The van der Waals surface area contributed by atoms with Gasteiger partial charge in [0.25, 0.3) is 11.5 Å². The normalized spacial score (nSPS) is 11.3. The lowest BCUT2D eigenvalue weighted by molar-refractivity contribution is -0.128. The zero-order valence-electron chi connectivity index (χ0n) is 13.8. The molecule has 6 heteroatoms. The number of ether oxygens (including phenoxy) is 1. The van der Waals surface area contributed by atoms with E-state index >= 15 is 0 Å². The van der Waals surface area contributed by atoms with Crippen molar-refractivity contribution < 1.29 is 9.53 Å². The summed E-state index contributed by atoms with van der Waals surface area (Å²) in [5.41, 5.74) is -0.658. The van der Waals surface area contributed by atoms with E-state index in [4.69, 9.17) is 16.3 Å². The van der Waals surface area contributed by atoms with E-state index in [1.807, 2.05) is 0 Å². The maximum absolute atomic E-state index is 12.6. The summed E-state index contributed by atoms with van der Waals surface area (Å²) in [5, 5.41) is 4.74. The Balaban J connectivity index is 1.78. The molecule has 0 aliphatic carbocycles. The summed E-state index contributed by atoms with van der Waals surface area (Å²) in [4.78, 5) is 26.9. The highest BCUT2D eigenvalue weighted by atomic mass is 35.5. The van der Waals surface area contributed by atoms with Gasteiger partial charge >= 0.3 is 0 Å². The molecule has 5 nitrogen and oxygen atoms in total. The largest absolute Gasteiger partial charge is 0.478 e. The summed E-state index contributed by atoms with van der Waals surface area (Å²) in [6, 6.07) is 13.7. The Morgan fingerprint density at radius 1 is 1.12 bits per heavy atom. The summed E-state index contributed by atoms with van der Waals surface area (Å²) >= 11 is 5.85. The first-order chi connectivity index (χ1) is 11.8. The summed E-state index contributed by atoms with van der Waals surface area (Å²) in [6.07, 6.45) is 1.57. The highest BCUT2D eigenvalue weighted by Gasteiger charge is 2.30. The van der Waals surface area contributed by atoms with Gasteiger partial charge in [-0.25, -0.2) is 0 Å². The zero-order valence-corrected chi connectivity index (χ0v) is 14.6. The molecular weight excluding hydrogens is 340 g/mol. The number of H-pyrrole nitrogens is 1. The molecule has 0 atom stereocenters. The minimum atomic E-state index is -1.09. The first kappa shape index (κ1) is 17.0. The number of carbonyl (C=O) groups excluding carboxylic acids is 1. The van der Waals surface area contributed by atoms with Gasteiger partial charge in [-0.15, -0.1) is 0 Å². The molecule has 0 saturated carbocycles. The van der Waals surface area contributed by atoms with Gasteiger partial charge in [-0.3, -0.25) is 9.59 Å². The molecule has 0 radical (unpaired) electrons. The Labute approximate surface area is 149 Å². The summed E-state index contributed by atoms with van der Waals surface area (Å²) in [5.74, 6) is 0.251. The number of aromatic nitrogens is 1. The van der Waals surface area contributed by atoms with Crippen LogP contribution in [0, 0.1) is 0 Å². The van der Waals surface area contributed by atoms with Crippen LogP contribution in [0.5, 0.6) is 5.75 Å². The Hall–Kier alpha value is -2.79. The van der Waals surface area contributed by atoms with Gasteiger partial charge < -0.3 is 15.0 Å². The smallest absolute Gasteiger partial charge is 0.267 e. The van der Waals surface area contributed by atoms with E-state index in [0.29, 0.717) is 21.8 Å². The van der Waals surface area contributed by atoms with E-state index in [2.05, 4.69) is 10.3 Å². The van der Waals surface area contributed by atoms with Gasteiger partial charge in [0.2, 0.25) is 0 Å². The van der Waals surface area contributed by atoms with Crippen LogP contribution in [0.25, 0.3) is 10.8 Å². The van der Waals surface area contributed by atoms with E-state index in [0.717, 1.165) is 5.39 Å². The summed E-state index contributed by atoms with van der Waals surface area (Å²) in [6.45, 7) is 3.37. The van der Waals surface area contributed by atoms with Gasteiger partial charge in [-0.2, -0.15) is 0 Å². The maximum Gasteiger partial charge on any atom is 0.267 e. The van der Waals surface area contributed by atoms with Crippen molar-refractivity contribution in [3.63, 3.8) is 0 Å². The van der Waals surface area contributed by atoms with Crippen LogP contribution in [0.4, 0.5) is 5.69 Å². The number of amides is 1. The number of anilines is 1. The van der Waals surface area contributed by atoms with Gasteiger partial charge in [0.15, 0.2) is 5.60 Å². The SMILES string of the molecule is CC(C)(Oc1ccc(Cl)cc1)C(=O)Nc1ccc2c(=O)[nH]ccc2c1. The third-order valence-electron chi connectivity index (χ3n) is 3.76. The number of rotatable bonds is 4. The number of hydrogen-bond donors (Lipinski definition) is 2. The molecule has 0 spiro atoms. The lowest BCUT2D eigenvalue weighted by atomic mass is 10.1. The molecule has 3 aromatic rings. The minimum Gasteiger partial charge on any atom is -0.478 e. The summed E-state index contributed by atoms with van der Waals surface area (Å²) < 4.78 is 5.77. The van der Waals surface area contributed by atoms with Crippen LogP contribution >= 0.6 is 11.6 Å². The second kappa shape index (κ2) is 6.61. The van der Waals surface area contributed by atoms with E-state index in [1.165, 1.54) is 0 Å². The fraction of sp³-hybridized carbons (Fsp3) is 0.158. The molecule has 1 amide bonds. The topological polar surface area (TPSA) is 71.2 Å². The number of nitrogens with one attached hydrogen (secondary N) is 2. The van der Waals surface area contributed by atoms with Gasteiger partial charge in [0.05, 0.1) is 0 Å². The van der Waals surface area contributed by atoms with E-state index in [-0.39, 0.29) is 11.5 Å². The Bertz CT molecular complexity index is 978. The number of aromatic amines is 1. The summed E-state index contributed by atoms with van der Waals surface area (Å²) in [7, 11) is 0. The standard InChI is InChI=1S/C19H17ClN2O3/c1-19(2,25-15-6-3-13(20)4-7-15)18(24)22-14-5-8-16-12(11-14)9-10-21-17(16)23/h3-11H,1-2H3,(H,21,23)(H,22,24). The van der Waals surface area contributed by atoms with Gasteiger partial charge in [0.1, 0.15) is 5.75 Å². The molecule has 0 bridgehead atoms. The van der Waals surface area contributed by atoms with Crippen LogP contribution in [0.3, 0.4) is 0 Å². The first-order valence-corrected chi connectivity index (χ1v) is 8.10. The van der Waals surface area contributed by atoms with Gasteiger partial charge in [-0.1, -0.05) is 11.6 Å². The number of hydrogen-bond acceptors (Lipinski definition) is 3.